The topological polar surface area (TPSA) is 54.9 Å². The maximum Gasteiger partial charge on any atom is 0.236 e. The molecule has 0 unspecified atom stereocenters. The van der Waals surface area contributed by atoms with Gasteiger partial charge in [0, 0.05) is 18.1 Å². The van der Waals surface area contributed by atoms with Gasteiger partial charge in [-0.15, -0.1) is 23.5 Å². The summed E-state index contributed by atoms with van der Waals surface area (Å²) in [4.78, 5) is 20.1. The molecule has 0 aliphatic carbocycles. The fraction of sp³-hybridized carbons (Fsp3) is 0.308. The highest BCUT2D eigenvalue weighted by atomic mass is 32.2. The Labute approximate surface area is 130 Å². The Morgan fingerprint density at radius 2 is 2.15 bits per heavy atom. The molecule has 0 aliphatic rings. The Morgan fingerprint density at radius 3 is 2.80 bits per heavy atom. The van der Waals surface area contributed by atoms with Crippen molar-refractivity contribution in [1.82, 2.24) is 9.97 Å². The molecule has 0 saturated heterocycles. The summed E-state index contributed by atoms with van der Waals surface area (Å²) in [6, 6.07) is 3.92. The van der Waals surface area contributed by atoms with Crippen molar-refractivity contribution in [1.29, 1.82) is 0 Å². The lowest BCUT2D eigenvalue weighted by Crippen LogP contribution is -2.13. The van der Waals surface area contributed by atoms with Gasteiger partial charge in [-0.1, -0.05) is 11.3 Å². The molecule has 4 nitrogen and oxygen atoms in total. The number of rotatable bonds is 6. The molecule has 0 aromatic carbocycles. The van der Waals surface area contributed by atoms with E-state index in [9.17, 15) is 4.79 Å². The second kappa shape index (κ2) is 7.66. The molecule has 0 radical (unpaired) electrons. The van der Waals surface area contributed by atoms with Crippen molar-refractivity contribution in [3.8, 4) is 0 Å². The van der Waals surface area contributed by atoms with Crippen molar-refractivity contribution in [2.75, 3.05) is 17.3 Å². The summed E-state index contributed by atoms with van der Waals surface area (Å²) in [5.74, 6) is 1.23. The van der Waals surface area contributed by atoms with Gasteiger partial charge < -0.3 is 5.32 Å². The Balaban J connectivity index is 1.77. The third-order valence-corrected chi connectivity index (χ3v) is 5.72. The van der Waals surface area contributed by atoms with Gasteiger partial charge in [0.1, 0.15) is 0 Å². The minimum absolute atomic E-state index is 0.00883. The molecular formula is C13H15N3OS3. The lowest BCUT2D eigenvalue weighted by atomic mass is 10.3. The van der Waals surface area contributed by atoms with Crippen LogP contribution in [0.25, 0.3) is 0 Å². The summed E-state index contributed by atoms with van der Waals surface area (Å²) in [5.41, 5.74) is 2.15. The monoisotopic (exact) mass is 325 g/mol. The third-order valence-electron chi connectivity index (χ3n) is 2.44. The molecule has 0 spiro atoms. The zero-order chi connectivity index (χ0) is 14.4. The van der Waals surface area contributed by atoms with E-state index in [0.717, 1.165) is 15.7 Å². The van der Waals surface area contributed by atoms with Crippen molar-refractivity contribution < 1.29 is 4.79 Å². The molecule has 2 aromatic rings. The highest BCUT2D eigenvalue weighted by Crippen LogP contribution is 2.30. The van der Waals surface area contributed by atoms with Crippen LogP contribution in [0.5, 0.6) is 0 Å². The van der Waals surface area contributed by atoms with Crippen LogP contribution in [-0.4, -0.2) is 27.9 Å². The second-order valence-corrected chi connectivity index (χ2v) is 7.05. The van der Waals surface area contributed by atoms with Crippen LogP contribution in [-0.2, 0) is 10.5 Å². The van der Waals surface area contributed by atoms with E-state index >= 15 is 0 Å². The van der Waals surface area contributed by atoms with Gasteiger partial charge in [0.2, 0.25) is 5.91 Å². The first-order valence-corrected chi connectivity index (χ1v) is 9.16. The van der Waals surface area contributed by atoms with Crippen molar-refractivity contribution in [3.05, 3.63) is 35.8 Å². The van der Waals surface area contributed by atoms with Crippen LogP contribution in [0.1, 0.15) is 11.3 Å². The Bertz CT molecular complexity index is 571. The largest absolute Gasteiger partial charge is 0.301 e. The van der Waals surface area contributed by atoms with Gasteiger partial charge in [-0.2, -0.15) is 0 Å². The standard InChI is InChI=1S/C13H15N3OS3/c1-9-12(18-2)20-13(15-9)16-11(17)8-19-7-10-3-5-14-6-4-10/h3-6H,7-8H2,1-2H3,(H,15,16,17). The highest BCUT2D eigenvalue weighted by Gasteiger charge is 2.09. The van der Waals surface area contributed by atoms with Crippen LogP contribution >= 0.6 is 34.9 Å². The maximum absolute atomic E-state index is 11.8. The van der Waals surface area contributed by atoms with E-state index in [1.54, 1.807) is 35.9 Å². The van der Waals surface area contributed by atoms with Crippen molar-refractivity contribution in [2.24, 2.45) is 0 Å². The van der Waals surface area contributed by atoms with Crippen LogP contribution in [0.4, 0.5) is 5.13 Å². The van der Waals surface area contributed by atoms with Crippen molar-refractivity contribution in [2.45, 2.75) is 16.9 Å². The molecule has 2 aromatic heterocycles. The average Bonchev–Trinajstić information content (AvgIpc) is 2.80. The highest BCUT2D eigenvalue weighted by molar-refractivity contribution is 8.00. The van der Waals surface area contributed by atoms with E-state index in [1.165, 1.54) is 16.9 Å². The number of hydrogen-bond donors (Lipinski definition) is 1. The molecule has 106 valence electrons. The third kappa shape index (κ3) is 4.50. The van der Waals surface area contributed by atoms with Crippen LogP contribution in [0.3, 0.4) is 0 Å². The summed E-state index contributed by atoms with van der Waals surface area (Å²) in [6.07, 6.45) is 5.53. The van der Waals surface area contributed by atoms with Gasteiger partial charge in [-0.05, 0) is 30.9 Å². The predicted octanol–water partition coefficient (Wildman–Crippen LogP) is 3.44. The predicted molar refractivity (Wildman–Crippen MR) is 87.7 cm³/mol. The summed E-state index contributed by atoms with van der Waals surface area (Å²) < 4.78 is 1.14. The maximum atomic E-state index is 11.8. The van der Waals surface area contributed by atoms with Crippen LogP contribution in [0, 0.1) is 6.92 Å². The van der Waals surface area contributed by atoms with Gasteiger partial charge in [-0.3, -0.25) is 9.78 Å². The summed E-state index contributed by atoms with van der Waals surface area (Å²) in [7, 11) is 0. The molecule has 20 heavy (non-hydrogen) atoms. The fourth-order valence-corrected chi connectivity index (χ4v) is 3.94. The molecule has 1 amide bonds. The molecular weight excluding hydrogens is 310 g/mol. The first-order chi connectivity index (χ1) is 9.69. The molecule has 0 aliphatic heterocycles. The summed E-state index contributed by atoms with van der Waals surface area (Å²) in [6.45, 7) is 1.95. The molecule has 0 fully saturated rings. The zero-order valence-corrected chi connectivity index (χ0v) is 13.7. The van der Waals surface area contributed by atoms with E-state index < -0.39 is 0 Å². The number of amides is 1. The number of carbonyl (C=O) groups is 1. The van der Waals surface area contributed by atoms with E-state index in [0.29, 0.717) is 10.9 Å². The zero-order valence-electron chi connectivity index (χ0n) is 11.3. The minimum Gasteiger partial charge on any atom is -0.301 e. The lowest BCUT2D eigenvalue weighted by molar-refractivity contribution is -0.113. The number of nitrogens with one attached hydrogen (secondary N) is 1. The summed E-state index contributed by atoms with van der Waals surface area (Å²) in [5, 5.41) is 3.53. The van der Waals surface area contributed by atoms with E-state index in [4.69, 9.17) is 0 Å². The Morgan fingerprint density at radius 1 is 1.40 bits per heavy atom. The second-order valence-electron chi connectivity index (χ2n) is 3.99. The van der Waals surface area contributed by atoms with Gasteiger partial charge in [0.25, 0.3) is 0 Å². The quantitative estimate of drug-likeness (QED) is 0.825. The molecule has 0 bridgehead atoms. The summed E-state index contributed by atoms with van der Waals surface area (Å²) >= 11 is 4.75. The molecule has 7 heteroatoms. The first-order valence-electron chi connectivity index (χ1n) is 5.97. The normalized spacial score (nSPS) is 10.5. The fourth-order valence-electron chi connectivity index (χ4n) is 1.52. The smallest absolute Gasteiger partial charge is 0.236 e. The molecule has 2 heterocycles. The number of carbonyl (C=O) groups excluding carboxylic acids is 1. The van der Waals surface area contributed by atoms with Gasteiger partial charge in [-0.25, -0.2) is 4.98 Å². The number of hydrogen-bond acceptors (Lipinski definition) is 6. The SMILES string of the molecule is CSc1sc(NC(=O)CSCc2ccncc2)nc1C. The number of aryl methyl sites for hydroxylation is 1. The van der Waals surface area contributed by atoms with Crippen molar-refractivity contribution >= 4 is 45.9 Å². The molecule has 2 rings (SSSR count). The number of thioether (sulfide) groups is 2. The lowest BCUT2D eigenvalue weighted by Gasteiger charge is -2.02. The molecule has 0 atom stereocenters. The Kier molecular flexibility index (Phi) is 5.87. The van der Waals surface area contributed by atoms with Crippen molar-refractivity contribution in [3.63, 3.8) is 0 Å². The average molecular weight is 325 g/mol. The van der Waals surface area contributed by atoms with Crippen LogP contribution in [0.15, 0.2) is 28.7 Å². The van der Waals surface area contributed by atoms with Gasteiger partial charge >= 0.3 is 0 Å². The van der Waals surface area contributed by atoms with Crippen LogP contribution in [0.2, 0.25) is 0 Å². The van der Waals surface area contributed by atoms with Gasteiger partial charge in [0.05, 0.1) is 15.7 Å². The van der Waals surface area contributed by atoms with Gasteiger partial charge in [0.15, 0.2) is 5.13 Å². The number of thiazole rings is 1. The number of pyridine rings is 1. The number of nitrogens with zero attached hydrogens (tertiary/aromatic N) is 2. The Hall–Kier alpha value is -1.05. The number of aromatic nitrogens is 2. The van der Waals surface area contributed by atoms with E-state index in [1.807, 2.05) is 25.3 Å². The molecule has 1 N–H and O–H groups in total. The van der Waals surface area contributed by atoms with E-state index in [-0.39, 0.29) is 5.91 Å². The van der Waals surface area contributed by atoms with Crippen LogP contribution < -0.4 is 5.32 Å². The molecule has 0 saturated carbocycles. The first kappa shape index (κ1) is 15.3. The van der Waals surface area contributed by atoms with E-state index in [2.05, 4.69) is 15.3 Å². The minimum atomic E-state index is -0.00883. The number of anilines is 1.